The van der Waals surface area contributed by atoms with E-state index in [9.17, 15) is 9.59 Å². The summed E-state index contributed by atoms with van der Waals surface area (Å²) in [6.07, 6.45) is 2.53. The maximum absolute atomic E-state index is 11.3. The summed E-state index contributed by atoms with van der Waals surface area (Å²) in [6.45, 7) is 3.61. The molecule has 1 aromatic heterocycles. The number of aromatic nitrogens is 1. The van der Waals surface area contributed by atoms with E-state index in [0.29, 0.717) is 18.5 Å². The average molecular weight is 253 g/mol. The summed E-state index contributed by atoms with van der Waals surface area (Å²) < 4.78 is 0. The van der Waals surface area contributed by atoms with E-state index in [0.717, 1.165) is 4.90 Å². The molecule has 0 spiro atoms. The van der Waals surface area contributed by atoms with Crippen molar-refractivity contribution in [3.8, 4) is 0 Å². The lowest BCUT2D eigenvalue weighted by Crippen LogP contribution is -2.14. The van der Waals surface area contributed by atoms with Gasteiger partial charge in [-0.1, -0.05) is 13.8 Å². The molecular formula is C12H15NO3S. The summed E-state index contributed by atoms with van der Waals surface area (Å²) in [5, 5.41) is 8.45. The number of hydrogen-bond donors (Lipinski definition) is 1. The minimum atomic E-state index is -0.828. The molecule has 1 unspecified atom stereocenters. The minimum absolute atomic E-state index is 0.00757. The number of aliphatic carboxylic acids is 1. The highest BCUT2D eigenvalue weighted by molar-refractivity contribution is 8.00. The second-order valence-corrected chi connectivity index (χ2v) is 4.78. The van der Waals surface area contributed by atoms with Crippen LogP contribution in [0.3, 0.4) is 0 Å². The highest BCUT2D eigenvalue weighted by Crippen LogP contribution is 2.25. The molecule has 4 nitrogen and oxygen atoms in total. The number of pyridine rings is 1. The SMILES string of the molecule is CCC(=O)c1ccc(SC(CC)C(=O)O)cn1. The van der Waals surface area contributed by atoms with E-state index in [-0.39, 0.29) is 5.78 Å². The monoisotopic (exact) mass is 253 g/mol. The molecular weight excluding hydrogens is 238 g/mol. The van der Waals surface area contributed by atoms with Crippen molar-refractivity contribution in [2.75, 3.05) is 0 Å². The van der Waals surface area contributed by atoms with Gasteiger partial charge < -0.3 is 5.11 Å². The summed E-state index contributed by atoms with van der Waals surface area (Å²) in [7, 11) is 0. The summed E-state index contributed by atoms with van der Waals surface area (Å²) in [5.74, 6) is -0.835. The van der Waals surface area contributed by atoms with Crippen molar-refractivity contribution in [1.82, 2.24) is 4.98 Å². The molecule has 0 aliphatic rings. The summed E-state index contributed by atoms with van der Waals surface area (Å²) in [5.41, 5.74) is 0.431. The molecule has 1 heterocycles. The molecule has 1 aromatic rings. The van der Waals surface area contributed by atoms with E-state index < -0.39 is 11.2 Å². The van der Waals surface area contributed by atoms with Gasteiger partial charge in [0.2, 0.25) is 0 Å². The molecule has 5 heteroatoms. The number of hydrogen-bond acceptors (Lipinski definition) is 4. The standard InChI is InChI=1S/C12H15NO3S/c1-3-10(14)9-6-5-8(7-13-9)17-11(4-2)12(15)16/h5-7,11H,3-4H2,1-2H3,(H,15,16). The van der Waals surface area contributed by atoms with Crippen molar-refractivity contribution in [2.24, 2.45) is 0 Å². The molecule has 92 valence electrons. The molecule has 17 heavy (non-hydrogen) atoms. The van der Waals surface area contributed by atoms with Crippen LogP contribution in [0.15, 0.2) is 23.2 Å². The Labute approximate surface area is 104 Å². The molecule has 0 radical (unpaired) electrons. The van der Waals surface area contributed by atoms with Gasteiger partial charge in [0.1, 0.15) is 10.9 Å². The van der Waals surface area contributed by atoms with E-state index >= 15 is 0 Å². The largest absolute Gasteiger partial charge is 0.480 e. The predicted molar refractivity (Wildman–Crippen MR) is 66.4 cm³/mol. The van der Waals surface area contributed by atoms with Crippen LogP contribution in [0, 0.1) is 0 Å². The molecule has 0 aromatic carbocycles. The smallest absolute Gasteiger partial charge is 0.316 e. The highest BCUT2D eigenvalue weighted by atomic mass is 32.2. The van der Waals surface area contributed by atoms with Gasteiger partial charge in [0.05, 0.1) is 0 Å². The summed E-state index contributed by atoms with van der Waals surface area (Å²) in [6, 6.07) is 3.38. The molecule has 1 N–H and O–H groups in total. The lowest BCUT2D eigenvalue weighted by atomic mass is 10.2. The zero-order valence-electron chi connectivity index (χ0n) is 9.84. The molecule has 0 fully saturated rings. The lowest BCUT2D eigenvalue weighted by molar-refractivity contribution is -0.136. The summed E-state index contributed by atoms with van der Waals surface area (Å²) in [4.78, 5) is 27.0. The minimum Gasteiger partial charge on any atom is -0.480 e. The van der Waals surface area contributed by atoms with Crippen LogP contribution >= 0.6 is 11.8 Å². The van der Waals surface area contributed by atoms with E-state index in [1.165, 1.54) is 11.8 Å². The first-order valence-electron chi connectivity index (χ1n) is 5.47. The second-order valence-electron chi connectivity index (χ2n) is 3.51. The maximum atomic E-state index is 11.3. The Hall–Kier alpha value is -1.36. The van der Waals surface area contributed by atoms with Crippen LogP contribution < -0.4 is 0 Å². The van der Waals surface area contributed by atoms with Gasteiger partial charge in [0.25, 0.3) is 0 Å². The number of carboxylic acid groups (broad SMARTS) is 1. The Bertz CT molecular complexity index is 403. The van der Waals surface area contributed by atoms with Crippen molar-refractivity contribution in [1.29, 1.82) is 0 Å². The van der Waals surface area contributed by atoms with Crippen LogP contribution in [0.1, 0.15) is 37.2 Å². The molecule has 1 atom stereocenters. The van der Waals surface area contributed by atoms with Crippen molar-refractivity contribution in [2.45, 2.75) is 36.8 Å². The quantitative estimate of drug-likeness (QED) is 0.623. The van der Waals surface area contributed by atoms with Gasteiger partial charge in [-0.25, -0.2) is 0 Å². The van der Waals surface area contributed by atoms with Crippen molar-refractivity contribution in [3.63, 3.8) is 0 Å². The Balaban J connectivity index is 2.74. The van der Waals surface area contributed by atoms with Crippen molar-refractivity contribution in [3.05, 3.63) is 24.0 Å². The number of carbonyl (C=O) groups is 2. The Morgan fingerprint density at radius 3 is 2.53 bits per heavy atom. The number of carboxylic acids is 1. The van der Waals surface area contributed by atoms with Crippen molar-refractivity contribution < 1.29 is 14.7 Å². The zero-order chi connectivity index (χ0) is 12.8. The van der Waals surface area contributed by atoms with Crippen LogP contribution in [-0.4, -0.2) is 27.1 Å². The van der Waals surface area contributed by atoms with Gasteiger partial charge in [-0.3, -0.25) is 14.6 Å². The van der Waals surface area contributed by atoms with Gasteiger partial charge in [-0.15, -0.1) is 11.8 Å². The van der Waals surface area contributed by atoms with Gasteiger partial charge >= 0.3 is 5.97 Å². The first-order valence-corrected chi connectivity index (χ1v) is 6.35. The van der Waals surface area contributed by atoms with Crippen LogP contribution in [-0.2, 0) is 4.79 Å². The molecule has 0 amide bonds. The van der Waals surface area contributed by atoms with E-state index in [2.05, 4.69) is 4.98 Å². The molecule has 0 aliphatic carbocycles. The van der Waals surface area contributed by atoms with E-state index in [1.54, 1.807) is 25.3 Å². The van der Waals surface area contributed by atoms with Gasteiger partial charge in [0, 0.05) is 17.5 Å². The number of Topliss-reactive ketones (excluding diaryl/α,β-unsaturated/α-hetero) is 1. The first-order chi connectivity index (χ1) is 8.08. The molecule has 0 saturated heterocycles. The normalized spacial score (nSPS) is 12.1. The number of rotatable bonds is 6. The molecule has 1 rings (SSSR count). The molecule has 0 saturated carbocycles. The third-order valence-electron chi connectivity index (χ3n) is 2.27. The Morgan fingerprint density at radius 1 is 1.41 bits per heavy atom. The third kappa shape index (κ3) is 3.85. The Morgan fingerprint density at radius 2 is 2.12 bits per heavy atom. The van der Waals surface area contributed by atoms with Crippen LogP contribution in [0.2, 0.25) is 0 Å². The molecule has 0 bridgehead atoms. The van der Waals surface area contributed by atoms with Gasteiger partial charge in [-0.05, 0) is 18.6 Å². The third-order valence-corrected chi connectivity index (χ3v) is 3.60. The van der Waals surface area contributed by atoms with Gasteiger partial charge in [0.15, 0.2) is 5.78 Å². The fourth-order valence-corrected chi connectivity index (χ4v) is 2.12. The number of carbonyl (C=O) groups excluding carboxylic acids is 1. The fraction of sp³-hybridized carbons (Fsp3) is 0.417. The van der Waals surface area contributed by atoms with Crippen LogP contribution in [0.25, 0.3) is 0 Å². The highest BCUT2D eigenvalue weighted by Gasteiger charge is 2.16. The van der Waals surface area contributed by atoms with Crippen molar-refractivity contribution >= 4 is 23.5 Å². The zero-order valence-corrected chi connectivity index (χ0v) is 10.7. The Kier molecular flexibility index (Phi) is 5.15. The first kappa shape index (κ1) is 13.7. The fourth-order valence-electron chi connectivity index (χ4n) is 1.27. The topological polar surface area (TPSA) is 67.3 Å². The second kappa shape index (κ2) is 6.39. The predicted octanol–water partition coefficient (Wildman–Crippen LogP) is 2.63. The van der Waals surface area contributed by atoms with Crippen LogP contribution in [0.4, 0.5) is 0 Å². The average Bonchev–Trinajstić information content (AvgIpc) is 2.35. The molecule has 0 aliphatic heterocycles. The van der Waals surface area contributed by atoms with Crippen LogP contribution in [0.5, 0.6) is 0 Å². The van der Waals surface area contributed by atoms with Gasteiger partial charge in [-0.2, -0.15) is 0 Å². The number of nitrogens with zero attached hydrogens (tertiary/aromatic N) is 1. The maximum Gasteiger partial charge on any atom is 0.316 e. The lowest BCUT2D eigenvalue weighted by Gasteiger charge is -2.08. The summed E-state index contributed by atoms with van der Waals surface area (Å²) >= 11 is 1.25. The number of ketones is 1. The number of thioether (sulfide) groups is 1. The van der Waals surface area contributed by atoms with E-state index in [1.807, 2.05) is 6.92 Å². The van der Waals surface area contributed by atoms with E-state index in [4.69, 9.17) is 5.11 Å².